The molecule has 0 fully saturated rings. The van der Waals surface area contributed by atoms with Crippen LogP contribution in [0.1, 0.15) is 10.4 Å². The third-order valence-corrected chi connectivity index (χ3v) is 9.02. The number of hydrogen-bond acceptors (Lipinski definition) is 13. The number of carboxylic acids is 1. The van der Waals surface area contributed by atoms with E-state index in [1.165, 1.54) is 0 Å². The SMILES string of the molecule is O=C(O)c1cc(N=Nc2cc(S(=O)O)ccc2S(=O)(=O)O)ccc1N=Nc1c(S(=O)(=O)O)cc2cc(S(=O)(=O)O)ccc2c1O. The van der Waals surface area contributed by atoms with Gasteiger partial charge in [-0.2, -0.15) is 30.4 Å². The molecule has 6 N–H and O–H groups in total. The largest absolute Gasteiger partial charge is 0.505 e. The van der Waals surface area contributed by atoms with Gasteiger partial charge >= 0.3 is 5.97 Å². The number of carbonyl (C=O) groups is 1. The highest BCUT2D eigenvalue weighted by Gasteiger charge is 2.24. The number of azo groups is 2. The van der Waals surface area contributed by atoms with Gasteiger partial charge in [0.2, 0.25) is 0 Å². The Kier molecular flexibility index (Phi) is 8.96. The second-order valence-corrected chi connectivity index (χ2v) is 13.8. The molecule has 4 aromatic rings. The highest BCUT2D eigenvalue weighted by Crippen LogP contribution is 2.42. The first-order valence-electron chi connectivity index (χ1n) is 11.5. The van der Waals surface area contributed by atoms with Crippen LogP contribution in [0.5, 0.6) is 5.75 Å². The summed E-state index contributed by atoms with van der Waals surface area (Å²) in [6.07, 6.45) is 0. The molecule has 0 aliphatic rings. The van der Waals surface area contributed by atoms with Crippen LogP contribution in [0.15, 0.2) is 101 Å². The third-order valence-electron chi connectivity index (χ3n) is 5.75. The highest BCUT2D eigenvalue weighted by atomic mass is 32.2. The molecule has 0 saturated carbocycles. The summed E-state index contributed by atoms with van der Waals surface area (Å²) in [5, 5.41) is 34.6. The molecule has 22 heteroatoms. The fourth-order valence-electron chi connectivity index (χ4n) is 3.75. The second kappa shape index (κ2) is 12.1. The number of aromatic hydroxyl groups is 1. The number of phenols is 1. The van der Waals surface area contributed by atoms with Crippen LogP contribution in [0.2, 0.25) is 0 Å². The third kappa shape index (κ3) is 7.40. The van der Waals surface area contributed by atoms with E-state index in [2.05, 4.69) is 20.5 Å². The van der Waals surface area contributed by atoms with Crippen molar-refractivity contribution in [3.05, 3.63) is 66.2 Å². The van der Waals surface area contributed by atoms with Gasteiger partial charge in [-0.15, -0.1) is 15.3 Å². The minimum absolute atomic E-state index is 0.184. The van der Waals surface area contributed by atoms with Crippen molar-refractivity contribution < 1.29 is 62.7 Å². The number of phenolic OH excluding ortho intramolecular Hbond substituents is 1. The fraction of sp³-hybridized carbons (Fsp3) is 0. The highest BCUT2D eigenvalue weighted by molar-refractivity contribution is 7.86. The summed E-state index contributed by atoms with van der Waals surface area (Å²) in [6, 6.07) is 9.02. The maximum Gasteiger partial charge on any atom is 0.338 e. The van der Waals surface area contributed by atoms with Crippen molar-refractivity contribution in [2.24, 2.45) is 20.5 Å². The van der Waals surface area contributed by atoms with E-state index in [1.807, 2.05) is 0 Å². The van der Waals surface area contributed by atoms with Crippen molar-refractivity contribution in [3.63, 3.8) is 0 Å². The summed E-state index contributed by atoms with van der Waals surface area (Å²) in [5.41, 5.74) is -2.72. The Morgan fingerprint density at radius 2 is 1.33 bits per heavy atom. The Morgan fingerprint density at radius 1 is 0.689 bits per heavy atom. The molecule has 0 aromatic heterocycles. The van der Waals surface area contributed by atoms with E-state index < -0.39 is 90.5 Å². The zero-order valence-electron chi connectivity index (χ0n) is 21.6. The van der Waals surface area contributed by atoms with Crippen LogP contribution in [0.25, 0.3) is 10.8 Å². The monoisotopic (exact) mass is 700 g/mol. The van der Waals surface area contributed by atoms with Gasteiger partial charge in [-0.05, 0) is 66.0 Å². The lowest BCUT2D eigenvalue weighted by Crippen LogP contribution is -2.01. The van der Waals surface area contributed by atoms with Crippen molar-refractivity contribution in [2.75, 3.05) is 0 Å². The van der Waals surface area contributed by atoms with Crippen LogP contribution in [-0.2, 0) is 41.4 Å². The molecule has 4 rings (SSSR count). The summed E-state index contributed by atoms with van der Waals surface area (Å²) in [5.74, 6) is -2.53. The predicted molar refractivity (Wildman–Crippen MR) is 152 cm³/mol. The molecular weight excluding hydrogens is 685 g/mol. The van der Waals surface area contributed by atoms with E-state index in [4.69, 9.17) is 0 Å². The topological polar surface area (TPSA) is 307 Å². The normalized spacial score (nSPS) is 13.5. The molecule has 1 unspecified atom stereocenters. The predicted octanol–water partition coefficient (Wildman–Crippen LogP) is 4.40. The smallest absolute Gasteiger partial charge is 0.338 e. The lowest BCUT2D eigenvalue weighted by atomic mass is 10.1. The van der Waals surface area contributed by atoms with Gasteiger partial charge in [0, 0.05) is 5.39 Å². The van der Waals surface area contributed by atoms with Gasteiger partial charge in [-0.25, -0.2) is 9.00 Å². The zero-order valence-corrected chi connectivity index (χ0v) is 24.9. The molecule has 4 aromatic carbocycles. The summed E-state index contributed by atoms with van der Waals surface area (Å²) in [4.78, 5) is 9.17. The Hall–Kier alpha value is -4.55. The standard InChI is InChI=1S/C23H16N4O14S4/c28-22-15-4-3-14(43(33,34)35)7-11(15)8-20(45(39,40)41)21(22)27-25-17-5-1-12(9-16(17)23(29)30)24-26-18-10-13(42(31)32)2-6-19(18)44(36,37)38/h1-10,28H,(H,29,30)(H,31,32)(H,33,34,35)(H,36,37,38)(H,39,40,41). The molecule has 0 bridgehead atoms. The van der Waals surface area contributed by atoms with Gasteiger partial charge in [0.05, 0.1) is 21.0 Å². The lowest BCUT2D eigenvalue weighted by molar-refractivity contribution is 0.0697. The summed E-state index contributed by atoms with van der Waals surface area (Å²) >= 11 is -2.56. The van der Waals surface area contributed by atoms with Crippen molar-refractivity contribution in [1.29, 1.82) is 0 Å². The maximum absolute atomic E-state index is 12.1. The van der Waals surface area contributed by atoms with Crippen LogP contribution in [0.3, 0.4) is 0 Å². The average Bonchev–Trinajstić information content (AvgIpc) is 2.93. The molecule has 45 heavy (non-hydrogen) atoms. The summed E-state index contributed by atoms with van der Waals surface area (Å²) in [7, 11) is -14.7. The van der Waals surface area contributed by atoms with Crippen LogP contribution < -0.4 is 0 Å². The number of aromatic carboxylic acids is 1. The van der Waals surface area contributed by atoms with Crippen LogP contribution in [-0.4, -0.2) is 63.9 Å². The lowest BCUT2D eigenvalue weighted by Gasteiger charge is -2.10. The minimum Gasteiger partial charge on any atom is -0.505 e. The number of benzene rings is 4. The molecular formula is C23H16N4O14S4. The number of carboxylic acid groups (broad SMARTS) is 1. The molecule has 0 heterocycles. The van der Waals surface area contributed by atoms with Crippen LogP contribution in [0, 0.1) is 0 Å². The van der Waals surface area contributed by atoms with Crippen molar-refractivity contribution in [1.82, 2.24) is 0 Å². The van der Waals surface area contributed by atoms with E-state index >= 15 is 0 Å². The summed E-state index contributed by atoms with van der Waals surface area (Å²) in [6.45, 7) is 0. The molecule has 1 atom stereocenters. The van der Waals surface area contributed by atoms with Gasteiger partial charge < -0.3 is 14.8 Å². The fourth-order valence-corrected chi connectivity index (χ4v) is 5.92. The van der Waals surface area contributed by atoms with E-state index in [0.717, 1.165) is 60.7 Å². The first-order valence-corrected chi connectivity index (χ1v) is 16.9. The first kappa shape index (κ1) is 33.3. The molecule has 0 aliphatic heterocycles. The Bertz CT molecular complexity index is 2320. The molecule has 0 radical (unpaired) electrons. The average molecular weight is 701 g/mol. The van der Waals surface area contributed by atoms with E-state index in [9.17, 15) is 62.7 Å². The van der Waals surface area contributed by atoms with Crippen molar-refractivity contribution >= 4 is 80.9 Å². The number of hydrogen-bond donors (Lipinski definition) is 6. The molecule has 18 nitrogen and oxygen atoms in total. The second-order valence-electron chi connectivity index (χ2n) is 8.67. The molecule has 0 amide bonds. The van der Waals surface area contributed by atoms with E-state index in [1.54, 1.807) is 0 Å². The molecule has 0 aliphatic carbocycles. The summed E-state index contributed by atoms with van der Waals surface area (Å²) < 4.78 is 119. The quantitative estimate of drug-likeness (QED) is 0.0801. The van der Waals surface area contributed by atoms with Crippen molar-refractivity contribution in [2.45, 2.75) is 19.6 Å². The number of fused-ring (bicyclic) bond motifs is 1. The van der Waals surface area contributed by atoms with Crippen LogP contribution >= 0.6 is 0 Å². The Labute approximate surface area is 254 Å². The van der Waals surface area contributed by atoms with Gasteiger partial charge in [-0.3, -0.25) is 13.7 Å². The van der Waals surface area contributed by atoms with E-state index in [-0.39, 0.29) is 21.4 Å². The van der Waals surface area contributed by atoms with Gasteiger partial charge in [0.15, 0.2) is 16.8 Å². The van der Waals surface area contributed by atoms with Crippen LogP contribution in [0.4, 0.5) is 22.7 Å². The van der Waals surface area contributed by atoms with Gasteiger partial charge in [0.1, 0.15) is 26.9 Å². The molecule has 0 saturated heterocycles. The number of rotatable bonds is 9. The van der Waals surface area contributed by atoms with E-state index in [0.29, 0.717) is 0 Å². The first-order chi connectivity index (χ1) is 20.8. The zero-order chi connectivity index (χ0) is 33.5. The Morgan fingerprint density at radius 3 is 1.91 bits per heavy atom. The number of nitrogens with zero attached hydrogens (tertiary/aromatic N) is 4. The van der Waals surface area contributed by atoms with Gasteiger partial charge in [0.25, 0.3) is 30.4 Å². The minimum atomic E-state index is -5.15. The molecule has 236 valence electrons. The molecule has 0 spiro atoms. The maximum atomic E-state index is 12.1. The Balaban J connectivity index is 1.81. The van der Waals surface area contributed by atoms with Crippen molar-refractivity contribution in [3.8, 4) is 5.75 Å². The van der Waals surface area contributed by atoms with Gasteiger partial charge in [-0.1, -0.05) is 0 Å².